The molecule has 16 heavy (non-hydrogen) atoms. The molecule has 0 bridgehead atoms. The molecule has 2 N–H and O–H groups in total. The molecule has 0 atom stereocenters. The Labute approximate surface area is 91.1 Å². The summed E-state index contributed by atoms with van der Waals surface area (Å²) >= 11 is 0. The molecule has 0 radical (unpaired) electrons. The van der Waals surface area contributed by atoms with Gasteiger partial charge in [-0.2, -0.15) is 0 Å². The lowest BCUT2D eigenvalue weighted by Gasteiger charge is -2.01. The van der Waals surface area contributed by atoms with Crippen molar-refractivity contribution in [1.29, 1.82) is 0 Å². The van der Waals surface area contributed by atoms with Crippen LogP contribution in [0.2, 0.25) is 0 Å². The second-order valence-electron chi connectivity index (χ2n) is 3.21. The summed E-state index contributed by atoms with van der Waals surface area (Å²) in [6.07, 6.45) is 0. The topological polar surface area (TPSA) is 66.7 Å². The SMILES string of the molecule is [C-]#[N+]c1cc(OC)c2cc(C(=O)O)[nH]c2c1. The summed E-state index contributed by atoms with van der Waals surface area (Å²) < 4.78 is 5.11. The van der Waals surface area contributed by atoms with Crippen LogP contribution >= 0.6 is 0 Å². The van der Waals surface area contributed by atoms with Crippen molar-refractivity contribution in [3.63, 3.8) is 0 Å². The number of hydrogen-bond acceptors (Lipinski definition) is 2. The lowest BCUT2D eigenvalue weighted by molar-refractivity contribution is 0.0691. The third kappa shape index (κ3) is 1.46. The van der Waals surface area contributed by atoms with Gasteiger partial charge in [0.05, 0.1) is 13.7 Å². The Morgan fingerprint density at radius 1 is 1.50 bits per heavy atom. The fourth-order valence-corrected chi connectivity index (χ4v) is 1.54. The third-order valence-electron chi connectivity index (χ3n) is 2.26. The van der Waals surface area contributed by atoms with Crippen LogP contribution in [0.5, 0.6) is 5.75 Å². The van der Waals surface area contributed by atoms with Crippen molar-refractivity contribution in [2.75, 3.05) is 7.11 Å². The normalized spacial score (nSPS) is 10.0. The molecule has 1 aromatic heterocycles. The minimum atomic E-state index is -1.04. The maximum Gasteiger partial charge on any atom is 0.352 e. The number of carboxylic acid groups (broad SMARTS) is 1. The summed E-state index contributed by atoms with van der Waals surface area (Å²) in [5, 5.41) is 9.50. The zero-order valence-electron chi connectivity index (χ0n) is 8.44. The lowest BCUT2D eigenvalue weighted by atomic mass is 10.2. The van der Waals surface area contributed by atoms with Crippen molar-refractivity contribution in [2.45, 2.75) is 0 Å². The number of nitrogens with one attached hydrogen (secondary N) is 1. The van der Waals surface area contributed by atoms with Crippen LogP contribution in [0.25, 0.3) is 15.7 Å². The highest BCUT2D eigenvalue weighted by atomic mass is 16.5. The zero-order valence-corrected chi connectivity index (χ0v) is 8.44. The quantitative estimate of drug-likeness (QED) is 0.757. The number of rotatable bonds is 2. The molecule has 5 nitrogen and oxygen atoms in total. The Morgan fingerprint density at radius 2 is 2.25 bits per heavy atom. The van der Waals surface area contributed by atoms with E-state index in [1.165, 1.54) is 13.2 Å². The van der Waals surface area contributed by atoms with Gasteiger partial charge in [-0.3, -0.25) is 0 Å². The Kier molecular flexibility index (Phi) is 2.25. The largest absolute Gasteiger partial charge is 0.497 e. The van der Waals surface area contributed by atoms with Gasteiger partial charge in [0.1, 0.15) is 11.4 Å². The van der Waals surface area contributed by atoms with Crippen LogP contribution in [0.15, 0.2) is 18.2 Å². The van der Waals surface area contributed by atoms with Crippen molar-refractivity contribution in [3.8, 4) is 5.75 Å². The monoisotopic (exact) mass is 216 g/mol. The summed E-state index contributed by atoms with van der Waals surface area (Å²) in [5.41, 5.74) is 1.07. The second kappa shape index (κ2) is 3.59. The first-order chi connectivity index (χ1) is 7.65. The highest BCUT2D eigenvalue weighted by Gasteiger charge is 2.11. The number of carbonyl (C=O) groups is 1. The van der Waals surface area contributed by atoms with Gasteiger partial charge in [0.25, 0.3) is 0 Å². The van der Waals surface area contributed by atoms with E-state index in [2.05, 4.69) is 9.83 Å². The van der Waals surface area contributed by atoms with Crippen LogP contribution in [-0.4, -0.2) is 23.2 Å². The molecule has 0 saturated carbocycles. The van der Waals surface area contributed by atoms with Crippen LogP contribution in [0, 0.1) is 6.57 Å². The number of ether oxygens (including phenoxy) is 1. The second-order valence-corrected chi connectivity index (χ2v) is 3.21. The highest BCUT2D eigenvalue weighted by Crippen LogP contribution is 2.31. The molecule has 0 saturated heterocycles. The fraction of sp³-hybridized carbons (Fsp3) is 0.0909. The van der Waals surface area contributed by atoms with E-state index in [1.807, 2.05) is 0 Å². The zero-order chi connectivity index (χ0) is 11.7. The Balaban J connectivity index is 2.76. The van der Waals surface area contributed by atoms with Crippen molar-refractivity contribution in [3.05, 3.63) is 35.3 Å². The van der Waals surface area contributed by atoms with E-state index in [4.69, 9.17) is 16.4 Å². The van der Waals surface area contributed by atoms with Gasteiger partial charge in [0.2, 0.25) is 0 Å². The van der Waals surface area contributed by atoms with Crippen LogP contribution in [0.1, 0.15) is 10.5 Å². The molecule has 0 amide bonds. The molecular formula is C11H8N2O3. The average molecular weight is 216 g/mol. The molecule has 0 spiro atoms. The number of aromatic amines is 1. The maximum atomic E-state index is 10.8. The number of aromatic carboxylic acids is 1. The molecule has 2 aromatic rings. The van der Waals surface area contributed by atoms with Gasteiger partial charge in [-0.25, -0.2) is 9.64 Å². The van der Waals surface area contributed by atoms with E-state index >= 15 is 0 Å². The molecule has 0 fully saturated rings. The summed E-state index contributed by atoms with van der Waals surface area (Å²) in [6.45, 7) is 6.92. The molecule has 1 heterocycles. The van der Waals surface area contributed by atoms with E-state index < -0.39 is 5.97 Å². The van der Waals surface area contributed by atoms with Crippen molar-refractivity contribution < 1.29 is 14.6 Å². The van der Waals surface area contributed by atoms with Crippen LogP contribution < -0.4 is 4.74 Å². The van der Waals surface area contributed by atoms with Gasteiger partial charge in [-0.05, 0) is 18.2 Å². The van der Waals surface area contributed by atoms with Crippen molar-refractivity contribution in [1.82, 2.24) is 4.98 Å². The summed E-state index contributed by atoms with van der Waals surface area (Å²) in [4.78, 5) is 16.8. The first-order valence-corrected chi connectivity index (χ1v) is 4.47. The summed E-state index contributed by atoms with van der Waals surface area (Å²) in [5.74, 6) is -0.546. The molecule has 0 aliphatic heterocycles. The summed E-state index contributed by atoms with van der Waals surface area (Å²) in [7, 11) is 1.48. The van der Waals surface area contributed by atoms with Gasteiger partial charge in [0.15, 0.2) is 5.69 Å². The van der Waals surface area contributed by atoms with Gasteiger partial charge in [-0.1, -0.05) is 0 Å². The van der Waals surface area contributed by atoms with Crippen LogP contribution in [0.4, 0.5) is 5.69 Å². The fourth-order valence-electron chi connectivity index (χ4n) is 1.54. The average Bonchev–Trinajstić information content (AvgIpc) is 2.71. The highest BCUT2D eigenvalue weighted by molar-refractivity contribution is 5.97. The Morgan fingerprint density at radius 3 is 2.81 bits per heavy atom. The number of carboxylic acids is 1. The van der Waals surface area contributed by atoms with Gasteiger partial charge in [0, 0.05) is 10.9 Å². The predicted molar refractivity (Wildman–Crippen MR) is 58.1 cm³/mol. The van der Waals surface area contributed by atoms with E-state index in [9.17, 15) is 4.79 Å². The molecular weight excluding hydrogens is 208 g/mol. The first kappa shape index (κ1) is 10.1. The minimum Gasteiger partial charge on any atom is -0.497 e. The van der Waals surface area contributed by atoms with Crippen LogP contribution in [-0.2, 0) is 0 Å². The molecule has 80 valence electrons. The number of benzene rings is 1. The van der Waals surface area contributed by atoms with E-state index in [0.717, 1.165) is 0 Å². The Bertz CT molecular complexity index is 607. The molecule has 0 aliphatic carbocycles. The molecule has 5 heteroatoms. The predicted octanol–water partition coefficient (Wildman–Crippen LogP) is 2.43. The van der Waals surface area contributed by atoms with E-state index in [0.29, 0.717) is 22.3 Å². The van der Waals surface area contributed by atoms with Crippen molar-refractivity contribution in [2.24, 2.45) is 0 Å². The molecule has 1 aromatic carbocycles. The third-order valence-corrected chi connectivity index (χ3v) is 2.26. The number of methoxy groups -OCH3 is 1. The first-order valence-electron chi connectivity index (χ1n) is 4.47. The smallest absolute Gasteiger partial charge is 0.352 e. The Hall–Kier alpha value is -2.48. The summed E-state index contributed by atoms with van der Waals surface area (Å²) in [6, 6.07) is 4.66. The molecule has 2 rings (SSSR count). The van der Waals surface area contributed by atoms with Crippen molar-refractivity contribution >= 4 is 22.6 Å². The number of fused-ring (bicyclic) bond motifs is 1. The van der Waals surface area contributed by atoms with E-state index in [-0.39, 0.29) is 5.69 Å². The standard InChI is InChI=1S/C11H8N2O3/c1-12-6-3-8-7(10(4-6)16-2)5-9(13-8)11(14)15/h3-5,13H,2H3,(H,14,15). The number of aromatic nitrogens is 1. The molecule has 0 unspecified atom stereocenters. The lowest BCUT2D eigenvalue weighted by Crippen LogP contribution is -1.94. The van der Waals surface area contributed by atoms with Gasteiger partial charge >= 0.3 is 5.97 Å². The van der Waals surface area contributed by atoms with Gasteiger partial charge < -0.3 is 14.8 Å². The number of hydrogen-bond donors (Lipinski definition) is 2. The van der Waals surface area contributed by atoms with E-state index in [1.54, 1.807) is 12.1 Å². The minimum absolute atomic E-state index is 0.0791. The number of nitrogens with zero attached hydrogens (tertiary/aromatic N) is 1. The maximum absolute atomic E-state index is 10.8. The van der Waals surface area contributed by atoms with Gasteiger partial charge in [-0.15, -0.1) is 0 Å². The molecule has 0 aliphatic rings. The number of H-pyrrole nitrogens is 1. The van der Waals surface area contributed by atoms with Crippen LogP contribution in [0.3, 0.4) is 0 Å².